The van der Waals surface area contributed by atoms with Crippen molar-refractivity contribution in [2.75, 3.05) is 6.61 Å². The van der Waals surface area contributed by atoms with E-state index in [1.54, 1.807) is 19.1 Å². The summed E-state index contributed by atoms with van der Waals surface area (Å²) in [5, 5.41) is 9.91. The maximum atomic E-state index is 11.6. The Kier molecular flexibility index (Phi) is 4.37. The molecule has 2 aromatic rings. The summed E-state index contributed by atoms with van der Waals surface area (Å²) in [7, 11) is 0. The van der Waals surface area contributed by atoms with Crippen molar-refractivity contribution in [2.45, 2.75) is 20.0 Å². The first-order chi connectivity index (χ1) is 10.0. The van der Waals surface area contributed by atoms with Crippen molar-refractivity contribution in [3.63, 3.8) is 0 Å². The lowest BCUT2D eigenvalue weighted by atomic mass is 10.2. The van der Waals surface area contributed by atoms with E-state index in [1.807, 2.05) is 25.1 Å². The predicted octanol–water partition coefficient (Wildman–Crippen LogP) is 1.94. The molecule has 0 bridgehead atoms. The maximum absolute atomic E-state index is 11.6. The Bertz CT molecular complexity index is 683. The second-order valence-corrected chi connectivity index (χ2v) is 4.37. The number of para-hydroxylation sites is 1. The molecule has 1 heterocycles. The first kappa shape index (κ1) is 14.8. The van der Waals surface area contributed by atoms with Crippen LogP contribution in [-0.2, 0) is 14.3 Å². The van der Waals surface area contributed by atoms with E-state index < -0.39 is 18.0 Å². The number of fused-ring (bicyclic) bond motifs is 1. The second-order valence-electron chi connectivity index (χ2n) is 4.37. The van der Waals surface area contributed by atoms with Crippen LogP contribution in [0.15, 0.2) is 30.3 Å². The van der Waals surface area contributed by atoms with Crippen molar-refractivity contribution in [3.05, 3.63) is 36.0 Å². The van der Waals surface area contributed by atoms with Crippen molar-refractivity contribution in [1.82, 2.24) is 4.98 Å². The van der Waals surface area contributed by atoms with Crippen LogP contribution in [0.25, 0.3) is 10.9 Å². The minimum atomic E-state index is -1.71. The normalized spacial score (nSPS) is 11.9. The highest BCUT2D eigenvalue weighted by molar-refractivity contribution is 5.98. The molecule has 21 heavy (non-hydrogen) atoms. The van der Waals surface area contributed by atoms with Gasteiger partial charge in [-0.2, -0.15) is 0 Å². The SMILES string of the molecule is CCOC(=O)C(Oc1cccc2ccc(C)nc12)C(=O)O. The Morgan fingerprint density at radius 3 is 2.71 bits per heavy atom. The lowest BCUT2D eigenvalue weighted by Gasteiger charge is -2.15. The van der Waals surface area contributed by atoms with E-state index in [9.17, 15) is 9.59 Å². The van der Waals surface area contributed by atoms with Crippen LogP contribution in [0.3, 0.4) is 0 Å². The molecule has 1 atom stereocenters. The lowest BCUT2D eigenvalue weighted by molar-refractivity contribution is -0.162. The van der Waals surface area contributed by atoms with Gasteiger partial charge in [-0.25, -0.2) is 14.6 Å². The highest BCUT2D eigenvalue weighted by Gasteiger charge is 2.30. The standard InChI is InChI=1S/C15H15NO5/c1-3-20-15(19)13(14(17)18)21-11-6-4-5-10-8-7-9(2)16-12(10)11/h4-8,13H,3H2,1-2H3,(H,17,18). The van der Waals surface area contributed by atoms with Gasteiger partial charge in [0.15, 0.2) is 0 Å². The molecule has 110 valence electrons. The zero-order valence-electron chi connectivity index (χ0n) is 11.7. The van der Waals surface area contributed by atoms with E-state index in [0.29, 0.717) is 5.52 Å². The quantitative estimate of drug-likeness (QED) is 0.668. The summed E-state index contributed by atoms with van der Waals surface area (Å²) in [6.07, 6.45) is -1.71. The molecule has 1 unspecified atom stereocenters. The topological polar surface area (TPSA) is 85.7 Å². The third-order valence-electron chi connectivity index (χ3n) is 2.79. The summed E-state index contributed by atoms with van der Waals surface area (Å²) in [4.78, 5) is 27.1. The van der Waals surface area contributed by atoms with Gasteiger partial charge in [-0.05, 0) is 26.0 Å². The van der Waals surface area contributed by atoms with Crippen LogP contribution in [0.4, 0.5) is 0 Å². The van der Waals surface area contributed by atoms with Gasteiger partial charge in [0.1, 0.15) is 11.3 Å². The monoisotopic (exact) mass is 289 g/mol. The summed E-state index contributed by atoms with van der Waals surface area (Å²) in [6, 6.07) is 8.80. The zero-order chi connectivity index (χ0) is 15.4. The molecule has 0 fully saturated rings. The molecule has 0 spiro atoms. The number of carboxylic acids is 1. The summed E-state index contributed by atoms with van der Waals surface area (Å²) < 4.78 is 10.0. The van der Waals surface area contributed by atoms with E-state index in [2.05, 4.69) is 4.98 Å². The molecule has 0 aliphatic rings. The van der Waals surface area contributed by atoms with Gasteiger partial charge in [0.25, 0.3) is 6.10 Å². The molecule has 0 aliphatic heterocycles. The first-order valence-corrected chi connectivity index (χ1v) is 6.45. The third-order valence-corrected chi connectivity index (χ3v) is 2.79. The number of carbonyl (C=O) groups is 2. The van der Waals surface area contributed by atoms with Gasteiger partial charge in [-0.3, -0.25) is 0 Å². The van der Waals surface area contributed by atoms with Gasteiger partial charge < -0.3 is 14.6 Å². The molecule has 1 N–H and O–H groups in total. The molecular formula is C15H15NO5. The average Bonchev–Trinajstić information content (AvgIpc) is 2.44. The zero-order valence-corrected chi connectivity index (χ0v) is 11.7. The number of hydrogen-bond donors (Lipinski definition) is 1. The Hall–Kier alpha value is -2.63. The van der Waals surface area contributed by atoms with E-state index in [0.717, 1.165) is 11.1 Å². The molecule has 6 nitrogen and oxygen atoms in total. The molecule has 1 aromatic heterocycles. The Morgan fingerprint density at radius 1 is 1.29 bits per heavy atom. The number of rotatable bonds is 5. The van der Waals surface area contributed by atoms with Crippen LogP contribution in [-0.4, -0.2) is 34.7 Å². The van der Waals surface area contributed by atoms with Crippen LogP contribution in [0.1, 0.15) is 12.6 Å². The molecule has 0 saturated carbocycles. The van der Waals surface area contributed by atoms with Gasteiger partial charge in [0, 0.05) is 11.1 Å². The largest absolute Gasteiger partial charge is 0.478 e. The van der Waals surface area contributed by atoms with Gasteiger partial charge >= 0.3 is 11.9 Å². The number of hydrogen-bond acceptors (Lipinski definition) is 5. The van der Waals surface area contributed by atoms with Crippen molar-refractivity contribution in [2.24, 2.45) is 0 Å². The number of aromatic nitrogens is 1. The predicted molar refractivity (Wildman–Crippen MR) is 75.2 cm³/mol. The number of carbonyl (C=O) groups excluding carboxylic acids is 1. The lowest BCUT2D eigenvalue weighted by Crippen LogP contribution is -2.37. The maximum Gasteiger partial charge on any atom is 0.359 e. The summed E-state index contributed by atoms with van der Waals surface area (Å²) in [5.41, 5.74) is 1.27. The van der Waals surface area contributed by atoms with E-state index in [-0.39, 0.29) is 12.4 Å². The molecule has 0 radical (unpaired) electrons. The number of ether oxygens (including phenoxy) is 2. The number of pyridine rings is 1. The van der Waals surface area contributed by atoms with Crippen molar-refractivity contribution in [3.8, 4) is 5.75 Å². The summed E-state index contributed by atoms with van der Waals surface area (Å²) in [6.45, 7) is 3.49. The number of esters is 1. The van der Waals surface area contributed by atoms with Crippen LogP contribution in [0.2, 0.25) is 0 Å². The van der Waals surface area contributed by atoms with Crippen molar-refractivity contribution in [1.29, 1.82) is 0 Å². The Labute approximate surface area is 121 Å². The van der Waals surface area contributed by atoms with Gasteiger partial charge in [0.05, 0.1) is 6.61 Å². The van der Waals surface area contributed by atoms with Crippen LogP contribution < -0.4 is 4.74 Å². The number of benzene rings is 1. The molecular weight excluding hydrogens is 274 g/mol. The molecule has 0 amide bonds. The van der Waals surface area contributed by atoms with E-state index in [1.165, 1.54) is 0 Å². The van der Waals surface area contributed by atoms with Gasteiger partial charge in [-0.15, -0.1) is 0 Å². The third kappa shape index (κ3) is 3.28. The minimum absolute atomic E-state index is 0.0822. The highest BCUT2D eigenvalue weighted by atomic mass is 16.6. The minimum Gasteiger partial charge on any atom is -0.478 e. The van der Waals surface area contributed by atoms with Gasteiger partial charge in [-0.1, -0.05) is 18.2 Å². The van der Waals surface area contributed by atoms with Crippen LogP contribution >= 0.6 is 0 Å². The van der Waals surface area contributed by atoms with E-state index >= 15 is 0 Å². The van der Waals surface area contributed by atoms with E-state index in [4.69, 9.17) is 14.6 Å². The van der Waals surface area contributed by atoms with Crippen LogP contribution in [0.5, 0.6) is 5.75 Å². The molecule has 0 saturated heterocycles. The van der Waals surface area contributed by atoms with Crippen molar-refractivity contribution < 1.29 is 24.2 Å². The fourth-order valence-electron chi connectivity index (χ4n) is 1.86. The highest BCUT2D eigenvalue weighted by Crippen LogP contribution is 2.25. The summed E-state index contributed by atoms with van der Waals surface area (Å²) >= 11 is 0. The number of aliphatic carboxylic acids is 1. The average molecular weight is 289 g/mol. The molecule has 1 aromatic carbocycles. The summed E-state index contributed by atoms with van der Waals surface area (Å²) in [5.74, 6) is -2.11. The fourth-order valence-corrected chi connectivity index (χ4v) is 1.86. The molecule has 0 aliphatic carbocycles. The molecule has 2 rings (SSSR count). The molecule has 6 heteroatoms. The van der Waals surface area contributed by atoms with Crippen molar-refractivity contribution >= 4 is 22.8 Å². The fraction of sp³-hybridized carbons (Fsp3) is 0.267. The Morgan fingerprint density at radius 2 is 2.05 bits per heavy atom. The van der Waals surface area contributed by atoms with Crippen LogP contribution in [0, 0.1) is 6.92 Å². The number of nitrogens with zero attached hydrogens (tertiary/aromatic N) is 1. The first-order valence-electron chi connectivity index (χ1n) is 6.45. The smallest absolute Gasteiger partial charge is 0.359 e. The Balaban J connectivity index is 2.39. The van der Waals surface area contributed by atoms with Gasteiger partial charge in [0.2, 0.25) is 0 Å². The number of aryl methyl sites for hydroxylation is 1. The second kappa shape index (κ2) is 6.21. The number of carboxylic acid groups (broad SMARTS) is 1.